The van der Waals surface area contributed by atoms with Crippen LogP contribution in [0.25, 0.3) is 0 Å². The summed E-state index contributed by atoms with van der Waals surface area (Å²) in [7, 11) is 1.47. The van der Waals surface area contributed by atoms with Crippen molar-refractivity contribution < 1.29 is 24.5 Å². The third-order valence-corrected chi connectivity index (χ3v) is 5.32. The highest BCUT2D eigenvalue weighted by atomic mass is 32.1. The zero-order valence-electron chi connectivity index (χ0n) is 14.8. The number of ether oxygens (including phenoxy) is 1. The molecule has 0 bridgehead atoms. The Kier molecular flexibility index (Phi) is 5.75. The zero-order valence-corrected chi connectivity index (χ0v) is 15.6. The van der Waals surface area contributed by atoms with E-state index in [1.165, 1.54) is 23.5 Å². The van der Waals surface area contributed by atoms with Crippen LogP contribution in [0.1, 0.15) is 42.2 Å². The number of amides is 1. The summed E-state index contributed by atoms with van der Waals surface area (Å²) in [6, 6.07) is 8.74. The van der Waals surface area contributed by atoms with Crippen molar-refractivity contribution in [2.45, 2.75) is 31.7 Å². The van der Waals surface area contributed by atoms with E-state index in [0.717, 1.165) is 4.88 Å². The van der Waals surface area contributed by atoms with E-state index in [-0.39, 0.29) is 37.0 Å². The molecule has 7 nitrogen and oxygen atoms in total. The van der Waals surface area contributed by atoms with E-state index in [0.29, 0.717) is 23.4 Å². The van der Waals surface area contributed by atoms with Crippen molar-refractivity contribution in [1.29, 1.82) is 0 Å². The van der Waals surface area contributed by atoms with Crippen molar-refractivity contribution in [3.63, 3.8) is 0 Å². The number of aliphatic carboxylic acids is 1. The van der Waals surface area contributed by atoms with E-state index in [9.17, 15) is 14.7 Å². The number of para-hydroxylation sites is 1. The van der Waals surface area contributed by atoms with E-state index in [1.54, 1.807) is 18.2 Å². The minimum Gasteiger partial charge on any atom is -0.504 e. The van der Waals surface area contributed by atoms with Crippen LogP contribution >= 0.6 is 11.3 Å². The first-order valence-corrected chi connectivity index (χ1v) is 9.40. The molecule has 0 fully saturated rings. The summed E-state index contributed by atoms with van der Waals surface area (Å²) >= 11 is 1.53. The molecule has 0 saturated heterocycles. The van der Waals surface area contributed by atoms with Gasteiger partial charge in [-0.3, -0.25) is 9.59 Å². The Morgan fingerprint density at radius 2 is 2.11 bits per heavy atom. The molecule has 1 aliphatic heterocycles. The number of hydrazone groups is 1. The van der Waals surface area contributed by atoms with Gasteiger partial charge in [-0.15, -0.1) is 11.3 Å². The summed E-state index contributed by atoms with van der Waals surface area (Å²) in [6.07, 6.45) is 0.772. The molecule has 2 N–H and O–H groups in total. The Bertz CT molecular complexity index is 863. The van der Waals surface area contributed by atoms with Crippen LogP contribution in [0.4, 0.5) is 0 Å². The molecule has 1 atom stereocenters. The lowest BCUT2D eigenvalue weighted by molar-refractivity contribution is -0.137. The Morgan fingerprint density at radius 3 is 2.78 bits per heavy atom. The van der Waals surface area contributed by atoms with Crippen LogP contribution in [0.5, 0.6) is 11.5 Å². The summed E-state index contributed by atoms with van der Waals surface area (Å²) in [5.41, 5.74) is 1.12. The number of carboxylic acids is 1. The molecular formula is C19H20N2O5S. The third-order valence-electron chi connectivity index (χ3n) is 4.35. The van der Waals surface area contributed by atoms with E-state index in [1.807, 2.05) is 17.5 Å². The number of phenolic OH excluding ortho intramolecular Hbond substituents is 1. The maximum absolute atomic E-state index is 12.7. The van der Waals surface area contributed by atoms with Gasteiger partial charge in [0.1, 0.15) is 0 Å². The van der Waals surface area contributed by atoms with E-state index >= 15 is 0 Å². The lowest BCUT2D eigenvalue weighted by atomic mass is 10.0. The van der Waals surface area contributed by atoms with Gasteiger partial charge in [-0.2, -0.15) is 5.10 Å². The standard InChI is InChI=1S/C19H20N2O5S/c1-26-15-6-2-5-12(19(15)25)13-11-14(16-7-4-10-27-16)21(20-13)17(22)8-3-9-18(23)24/h2,4-7,10,14,25H,3,8-9,11H2,1H3,(H,23,24). The second kappa shape index (κ2) is 8.22. The van der Waals surface area contributed by atoms with Gasteiger partial charge < -0.3 is 14.9 Å². The number of thiophene rings is 1. The molecule has 2 aromatic rings. The van der Waals surface area contributed by atoms with Crippen molar-refractivity contribution >= 4 is 28.9 Å². The number of rotatable bonds is 7. The molecular weight excluding hydrogens is 368 g/mol. The molecule has 0 spiro atoms. The zero-order chi connectivity index (χ0) is 19.4. The van der Waals surface area contributed by atoms with Gasteiger partial charge in [-0.05, 0) is 30.0 Å². The van der Waals surface area contributed by atoms with Crippen LogP contribution in [0.3, 0.4) is 0 Å². The van der Waals surface area contributed by atoms with Gasteiger partial charge in [0.25, 0.3) is 0 Å². The summed E-state index contributed by atoms with van der Waals surface area (Å²) in [6.45, 7) is 0. The second-order valence-electron chi connectivity index (χ2n) is 6.12. The largest absolute Gasteiger partial charge is 0.504 e. The third kappa shape index (κ3) is 4.11. The van der Waals surface area contributed by atoms with Crippen LogP contribution in [0, 0.1) is 0 Å². The predicted octanol–water partition coefficient (Wildman–Crippen LogP) is 3.39. The van der Waals surface area contributed by atoms with Gasteiger partial charge in [-0.25, -0.2) is 5.01 Å². The first-order valence-electron chi connectivity index (χ1n) is 8.52. The monoisotopic (exact) mass is 388 g/mol. The number of methoxy groups -OCH3 is 1. The molecule has 1 aromatic heterocycles. The number of carbonyl (C=O) groups excluding carboxylic acids is 1. The number of benzene rings is 1. The fraction of sp³-hybridized carbons (Fsp3) is 0.316. The number of aromatic hydroxyl groups is 1. The minimum atomic E-state index is -0.926. The quantitative estimate of drug-likeness (QED) is 0.757. The predicted molar refractivity (Wildman–Crippen MR) is 101 cm³/mol. The first kappa shape index (κ1) is 18.9. The molecule has 142 valence electrons. The molecule has 1 aliphatic rings. The molecule has 1 aromatic carbocycles. The lowest BCUT2D eigenvalue weighted by Crippen LogP contribution is -2.26. The topological polar surface area (TPSA) is 99.4 Å². The van der Waals surface area contributed by atoms with Gasteiger partial charge >= 0.3 is 5.97 Å². The Morgan fingerprint density at radius 1 is 1.30 bits per heavy atom. The number of phenols is 1. The van der Waals surface area contributed by atoms with Crippen molar-refractivity contribution in [3.8, 4) is 11.5 Å². The molecule has 3 rings (SSSR count). The van der Waals surface area contributed by atoms with Crippen LogP contribution in [-0.4, -0.2) is 39.9 Å². The van der Waals surface area contributed by atoms with Crippen LogP contribution < -0.4 is 4.74 Å². The first-order chi connectivity index (χ1) is 13.0. The smallest absolute Gasteiger partial charge is 0.303 e. The average molecular weight is 388 g/mol. The van der Waals surface area contributed by atoms with Crippen molar-refractivity contribution in [2.24, 2.45) is 5.10 Å². The Labute approximate surface area is 160 Å². The number of hydrogen-bond acceptors (Lipinski definition) is 6. The Hall–Kier alpha value is -2.87. The molecule has 2 heterocycles. The van der Waals surface area contributed by atoms with Gasteiger partial charge in [0.2, 0.25) is 5.91 Å². The van der Waals surface area contributed by atoms with Crippen molar-refractivity contribution in [3.05, 3.63) is 46.2 Å². The van der Waals surface area contributed by atoms with Crippen LogP contribution in [0.15, 0.2) is 40.8 Å². The van der Waals surface area contributed by atoms with E-state index in [2.05, 4.69) is 5.10 Å². The van der Waals surface area contributed by atoms with Crippen molar-refractivity contribution in [2.75, 3.05) is 7.11 Å². The molecule has 1 amide bonds. The maximum Gasteiger partial charge on any atom is 0.303 e. The number of nitrogens with zero attached hydrogens (tertiary/aromatic N) is 2. The van der Waals surface area contributed by atoms with E-state index in [4.69, 9.17) is 9.84 Å². The molecule has 0 radical (unpaired) electrons. The van der Waals surface area contributed by atoms with Gasteiger partial charge in [0.15, 0.2) is 11.5 Å². The summed E-state index contributed by atoms with van der Waals surface area (Å²) in [5, 5.41) is 27.0. The minimum absolute atomic E-state index is 0.0103. The molecule has 8 heteroatoms. The van der Waals surface area contributed by atoms with Gasteiger partial charge in [0.05, 0.1) is 18.9 Å². The highest BCUT2D eigenvalue weighted by molar-refractivity contribution is 7.10. The van der Waals surface area contributed by atoms with Gasteiger partial charge in [-0.1, -0.05) is 12.1 Å². The summed E-state index contributed by atoms with van der Waals surface area (Å²) in [5.74, 6) is -0.825. The summed E-state index contributed by atoms with van der Waals surface area (Å²) < 4.78 is 5.16. The van der Waals surface area contributed by atoms with E-state index < -0.39 is 5.97 Å². The second-order valence-corrected chi connectivity index (χ2v) is 7.10. The van der Waals surface area contributed by atoms with Gasteiger partial charge in [0, 0.05) is 29.7 Å². The highest BCUT2D eigenvalue weighted by Crippen LogP contribution is 2.39. The SMILES string of the molecule is COc1cccc(C2=NN(C(=O)CCCC(=O)O)C(c3cccs3)C2)c1O. The fourth-order valence-electron chi connectivity index (χ4n) is 3.03. The Balaban J connectivity index is 1.88. The number of hydrogen-bond donors (Lipinski definition) is 2. The molecule has 0 aliphatic carbocycles. The normalized spacial score (nSPS) is 16.3. The summed E-state index contributed by atoms with van der Waals surface area (Å²) in [4.78, 5) is 24.3. The molecule has 27 heavy (non-hydrogen) atoms. The fourth-order valence-corrected chi connectivity index (χ4v) is 3.84. The average Bonchev–Trinajstić information content (AvgIpc) is 3.31. The molecule has 0 saturated carbocycles. The van der Waals surface area contributed by atoms with Crippen LogP contribution in [0.2, 0.25) is 0 Å². The maximum atomic E-state index is 12.7. The lowest BCUT2D eigenvalue weighted by Gasteiger charge is -2.20. The number of carbonyl (C=O) groups is 2. The highest BCUT2D eigenvalue weighted by Gasteiger charge is 2.34. The van der Waals surface area contributed by atoms with Crippen molar-refractivity contribution in [1.82, 2.24) is 5.01 Å². The number of carboxylic acid groups (broad SMARTS) is 1. The molecule has 1 unspecified atom stereocenters. The van der Waals surface area contributed by atoms with Crippen LogP contribution in [-0.2, 0) is 9.59 Å².